The first-order valence-corrected chi connectivity index (χ1v) is 5.62. The highest BCUT2D eigenvalue weighted by Crippen LogP contribution is 2.31. The van der Waals surface area contributed by atoms with E-state index < -0.39 is 11.4 Å². The summed E-state index contributed by atoms with van der Waals surface area (Å²) in [4.78, 5) is 11.0. The minimum Gasteiger partial charge on any atom is -0.481 e. The normalized spacial score (nSPS) is 18.2. The van der Waals surface area contributed by atoms with E-state index in [0.717, 1.165) is 5.00 Å². The second kappa shape index (κ2) is 4.00. The van der Waals surface area contributed by atoms with Gasteiger partial charge in [-0.1, -0.05) is 11.6 Å². The molecule has 2 N–H and O–H groups in total. The number of aliphatic carboxylic acids is 1. The molecule has 0 unspecified atom stereocenters. The van der Waals surface area contributed by atoms with Gasteiger partial charge < -0.3 is 15.2 Å². The maximum absolute atomic E-state index is 11.0. The molecule has 0 radical (unpaired) electrons. The molecule has 82 valence electrons. The predicted molar refractivity (Wildman–Crippen MR) is 58.7 cm³/mol. The molecule has 0 aliphatic carbocycles. The van der Waals surface area contributed by atoms with Crippen molar-refractivity contribution in [2.45, 2.75) is 0 Å². The molecule has 1 aromatic rings. The lowest BCUT2D eigenvalue weighted by Crippen LogP contribution is -2.53. The van der Waals surface area contributed by atoms with E-state index >= 15 is 0 Å². The molecule has 0 saturated carbocycles. The third kappa shape index (κ3) is 2.09. The van der Waals surface area contributed by atoms with Gasteiger partial charge in [0, 0.05) is 6.54 Å². The fourth-order valence-electron chi connectivity index (χ4n) is 1.32. The Bertz CT molecular complexity index is 375. The monoisotopic (exact) mass is 247 g/mol. The second-order valence-electron chi connectivity index (χ2n) is 3.54. The highest BCUT2D eigenvalue weighted by atomic mass is 35.5. The summed E-state index contributed by atoms with van der Waals surface area (Å²) in [5.41, 5.74) is -0.767. The molecular weight excluding hydrogens is 238 g/mol. The molecule has 0 atom stereocenters. The van der Waals surface area contributed by atoms with Crippen LogP contribution in [0.1, 0.15) is 0 Å². The Morgan fingerprint density at radius 2 is 2.40 bits per heavy atom. The van der Waals surface area contributed by atoms with Crippen molar-refractivity contribution < 1.29 is 14.6 Å². The maximum atomic E-state index is 11.0. The maximum Gasteiger partial charge on any atom is 0.316 e. The standard InChI is InChI=1S/C9H10ClNO3S/c10-6-1-2-7(15-6)11-3-9(8(12)13)4-14-5-9/h1-2,11H,3-5H2,(H,12,13). The minimum absolute atomic E-state index is 0.272. The summed E-state index contributed by atoms with van der Waals surface area (Å²) in [6.07, 6.45) is 0. The van der Waals surface area contributed by atoms with E-state index in [1.54, 1.807) is 6.07 Å². The van der Waals surface area contributed by atoms with E-state index in [0.29, 0.717) is 10.9 Å². The zero-order chi connectivity index (χ0) is 10.9. The Kier molecular flexibility index (Phi) is 2.86. The van der Waals surface area contributed by atoms with Crippen molar-refractivity contribution in [2.75, 3.05) is 25.1 Å². The first kappa shape index (κ1) is 10.7. The predicted octanol–water partition coefficient (Wildman–Crippen LogP) is 1.91. The van der Waals surface area contributed by atoms with Crippen LogP contribution in [-0.4, -0.2) is 30.8 Å². The van der Waals surface area contributed by atoms with Crippen LogP contribution in [0.25, 0.3) is 0 Å². The molecule has 0 amide bonds. The van der Waals surface area contributed by atoms with Gasteiger partial charge in [0.1, 0.15) is 5.41 Å². The van der Waals surface area contributed by atoms with E-state index in [4.69, 9.17) is 21.4 Å². The van der Waals surface area contributed by atoms with E-state index in [1.165, 1.54) is 11.3 Å². The Morgan fingerprint density at radius 3 is 2.80 bits per heavy atom. The number of carbonyl (C=O) groups is 1. The van der Waals surface area contributed by atoms with Gasteiger partial charge in [0.2, 0.25) is 0 Å². The van der Waals surface area contributed by atoms with Crippen LogP contribution in [0.3, 0.4) is 0 Å². The quantitative estimate of drug-likeness (QED) is 0.854. The van der Waals surface area contributed by atoms with Gasteiger partial charge in [0.05, 0.1) is 22.6 Å². The lowest BCUT2D eigenvalue weighted by molar-refractivity contribution is -0.176. The number of halogens is 1. The van der Waals surface area contributed by atoms with Gasteiger partial charge in [-0.15, -0.1) is 11.3 Å². The molecular formula is C9H10ClNO3S. The zero-order valence-electron chi connectivity index (χ0n) is 7.83. The number of nitrogens with one attached hydrogen (secondary N) is 1. The van der Waals surface area contributed by atoms with Crippen molar-refractivity contribution in [3.63, 3.8) is 0 Å². The van der Waals surface area contributed by atoms with E-state index in [-0.39, 0.29) is 13.2 Å². The fourth-order valence-corrected chi connectivity index (χ4v) is 2.25. The van der Waals surface area contributed by atoms with Gasteiger partial charge in [0.15, 0.2) is 0 Å². The number of rotatable bonds is 4. The van der Waals surface area contributed by atoms with Gasteiger partial charge in [-0.2, -0.15) is 0 Å². The Hall–Kier alpha value is -0.780. The Balaban J connectivity index is 1.95. The Morgan fingerprint density at radius 1 is 1.67 bits per heavy atom. The summed E-state index contributed by atoms with van der Waals surface area (Å²) in [5.74, 6) is -0.816. The van der Waals surface area contributed by atoms with Crippen LogP contribution in [0, 0.1) is 5.41 Å². The fraction of sp³-hybridized carbons (Fsp3) is 0.444. The summed E-state index contributed by atoms with van der Waals surface area (Å²) in [6, 6.07) is 3.61. The number of carboxylic acids is 1. The lowest BCUT2D eigenvalue weighted by Gasteiger charge is -2.37. The van der Waals surface area contributed by atoms with Crippen LogP contribution in [0.2, 0.25) is 4.34 Å². The molecule has 0 spiro atoms. The van der Waals surface area contributed by atoms with Gasteiger partial charge in [-0.05, 0) is 12.1 Å². The van der Waals surface area contributed by atoms with Crippen molar-refractivity contribution in [3.05, 3.63) is 16.5 Å². The highest BCUT2D eigenvalue weighted by Gasteiger charge is 2.46. The van der Waals surface area contributed by atoms with Crippen molar-refractivity contribution in [3.8, 4) is 0 Å². The molecule has 0 aromatic carbocycles. The molecule has 15 heavy (non-hydrogen) atoms. The Labute approximate surface area is 95.8 Å². The van der Waals surface area contributed by atoms with Crippen molar-refractivity contribution >= 4 is 33.9 Å². The summed E-state index contributed by atoms with van der Waals surface area (Å²) in [7, 11) is 0. The number of ether oxygens (including phenoxy) is 1. The molecule has 1 fully saturated rings. The number of hydrogen-bond donors (Lipinski definition) is 2. The summed E-state index contributed by atoms with van der Waals surface area (Å²) >= 11 is 7.15. The molecule has 6 heteroatoms. The molecule has 1 aliphatic heterocycles. The van der Waals surface area contributed by atoms with E-state index in [9.17, 15) is 4.79 Å². The van der Waals surface area contributed by atoms with Crippen LogP contribution in [0.15, 0.2) is 12.1 Å². The molecule has 1 aromatic heterocycles. The van der Waals surface area contributed by atoms with E-state index in [2.05, 4.69) is 5.32 Å². The van der Waals surface area contributed by atoms with Gasteiger partial charge >= 0.3 is 5.97 Å². The van der Waals surface area contributed by atoms with Crippen molar-refractivity contribution in [1.29, 1.82) is 0 Å². The first-order valence-electron chi connectivity index (χ1n) is 4.43. The SMILES string of the molecule is O=C(O)C1(CNc2ccc(Cl)s2)COC1. The lowest BCUT2D eigenvalue weighted by atomic mass is 9.86. The van der Waals surface area contributed by atoms with Crippen LogP contribution in [0.5, 0.6) is 0 Å². The van der Waals surface area contributed by atoms with Crippen LogP contribution >= 0.6 is 22.9 Å². The third-order valence-corrected chi connectivity index (χ3v) is 3.57. The summed E-state index contributed by atoms with van der Waals surface area (Å²) in [6.45, 7) is 0.919. The van der Waals surface area contributed by atoms with E-state index in [1.807, 2.05) is 6.07 Å². The summed E-state index contributed by atoms with van der Waals surface area (Å²) in [5, 5.41) is 13.0. The topological polar surface area (TPSA) is 58.6 Å². The molecule has 2 rings (SSSR count). The second-order valence-corrected chi connectivity index (χ2v) is 5.25. The third-order valence-electron chi connectivity index (χ3n) is 2.38. The number of thiophene rings is 1. The smallest absolute Gasteiger partial charge is 0.316 e. The van der Waals surface area contributed by atoms with Crippen molar-refractivity contribution in [2.24, 2.45) is 5.41 Å². The van der Waals surface area contributed by atoms with Crippen LogP contribution in [0.4, 0.5) is 5.00 Å². The first-order chi connectivity index (χ1) is 7.12. The van der Waals surface area contributed by atoms with Crippen LogP contribution in [-0.2, 0) is 9.53 Å². The van der Waals surface area contributed by atoms with Gasteiger partial charge in [-0.3, -0.25) is 4.79 Å². The molecule has 4 nitrogen and oxygen atoms in total. The summed E-state index contributed by atoms with van der Waals surface area (Å²) < 4.78 is 5.64. The van der Waals surface area contributed by atoms with Gasteiger partial charge in [0.25, 0.3) is 0 Å². The average Bonchev–Trinajstić information content (AvgIpc) is 2.49. The molecule has 2 heterocycles. The average molecular weight is 248 g/mol. The molecule has 0 bridgehead atoms. The molecule has 1 aliphatic rings. The molecule has 1 saturated heterocycles. The largest absolute Gasteiger partial charge is 0.481 e. The highest BCUT2D eigenvalue weighted by molar-refractivity contribution is 7.19. The number of hydrogen-bond acceptors (Lipinski definition) is 4. The van der Waals surface area contributed by atoms with Gasteiger partial charge in [-0.25, -0.2) is 0 Å². The minimum atomic E-state index is -0.816. The number of carboxylic acid groups (broad SMARTS) is 1. The van der Waals surface area contributed by atoms with Crippen molar-refractivity contribution in [1.82, 2.24) is 0 Å². The number of anilines is 1. The zero-order valence-corrected chi connectivity index (χ0v) is 9.40. The van der Waals surface area contributed by atoms with Crippen LogP contribution < -0.4 is 5.32 Å².